The van der Waals surface area contributed by atoms with E-state index in [1.165, 1.54) is 109 Å². The monoisotopic (exact) mass is 476 g/mol. The van der Waals surface area contributed by atoms with E-state index < -0.39 is 0 Å². The topological polar surface area (TPSA) is 41.1 Å². The number of carbonyl (C=O) groups is 1. The van der Waals surface area contributed by atoms with E-state index in [1.54, 1.807) is 6.92 Å². The molecular formula is C30H58N3O+. The van der Waals surface area contributed by atoms with E-state index in [-0.39, 0.29) is 12.1 Å². The molecule has 0 saturated carbocycles. The van der Waals surface area contributed by atoms with E-state index in [4.69, 9.17) is 0 Å². The van der Waals surface area contributed by atoms with E-state index in [2.05, 4.69) is 56.0 Å². The van der Waals surface area contributed by atoms with Gasteiger partial charge in [0.15, 0.2) is 12.3 Å². The summed E-state index contributed by atoms with van der Waals surface area (Å²) in [6.07, 6.45) is 34.0. The van der Waals surface area contributed by atoms with Gasteiger partial charge in [-0.3, -0.25) is 9.28 Å². The number of allylic oxidation sites excluding steroid dienone is 2. The summed E-state index contributed by atoms with van der Waals surface area (Å²) in [5, 5.41) is 6.65. The van der Waals surface area contributed by atoms with Crippen molar-refractivity contribution in [1.82, 2.24) is 10.6 Å². The van der Waals surface area contributed by atoms with Crippen LogP contribution in [0.5, 0.6) is 0 Å². The summed E-state index contributed by atoms with van der Waals surface area (Å²) in [6, 6.07) is 0. The van der Waals surface area contributed by atoms with Gasteiger partial charge in [-0.15, -0.1) is 0 Å². The van der Waals surface area contributed by atoms with Gasteiger partial charge in [0, 0.05) is 20.3 Å². The van der Waals surface area contributed by atoms with Gasteiger partial charge in [0.05, 0.1) is 12.7 Å². The van der Waals surface area contributed by atoms with Crippen molar-refractivity contribution in [2.45, 2.75) is 156 Å². The van der Waals surface area contributed by atoms with Crippen LogP contribution in [0.2, 0.25) is 0 Å². The fourth-order valence-electron chi connectivity index (χ4n) is 5.39. The molecule has 0 aromatic heterocycles. The molecular weight excluding hydrogens is 418 g/mol. The van der Waals surface area contributed by atoms with E-state index >= 15 is 0 Å². The number of amides is 1. The maximum Gasteiger partial charge on any atom is 0.221 e. The summed E-state index contributed by atoms with van der Waals surface area (Å²) in [5.74, 6) is 0.0532. The third-order valence-corrected chi connectivity index (χ3v) is 7.64. The van der Waals surface area contributed by atoms with Gasteiger partial charge in [0.2, 0.25) is 5.91 Å². The SMILES string of the molecule is CCCCCCCC/C=C/CCCCCCCCCCCC1NC=C[N+]1(CC)C(C)NC(C)=O. The van der Waals surface area contributed by atoms with Crippen LogP contribution < -0.4 is 10.6 Å². The first kappa shape index (κ1) is 30.7. The van der Waals surface area contributed by atoms with Crippen molar-refractivity contribution >= 4 is 5.91 Å². The van der Waals surface area contributed by atoms with Gasteiger partial charge in [0.25, 0.3) is 0 Å². The molecule has 0 radical (unpaired) electrons. The average Bonchev–Trinajstić information content (AvgIpc) is 3.24. The summed E-state index contributed by atoms with van der Waals surface area (Å²) in [4.78, 5) is 11.5. The van der Waals surface area contributed by atoms with Crippen molar-refractivity contribution in [3.8, 4) is 0 Å². The minimum Gasteiger partial charge on any atom is -0.338 e. The zero-order chi connectivity index (χ0) is 24.9. The second kappa shape index (κ2) is 20.0. The Hall–Kier alpha value is -1.29. The van der Waals surface area contributed by atoms with Gasteiger partial charge in [-0.05, 0) is 39.0 Å². The maximum absolute atomic E-state index is 11.5. The molecule has 2 N–H and O–H groups in total. The maximum atomic E-state index is 11.5. The van der Waals surface area contributed by atoms with Gasteiger partial charge in [0.1, 0.15) is 6.20 Å². The molecule has 0 saturated heterocycles. The highest BCUT2D eigenvalue weighted by Gasteiger charge is 2.41. The second-order valence-electron chi connectivity index (χ2n) is 10.5. The van der Waals surface area contributed by atoms with Crippen molar-refractivity contribution in [3.05, 3.63) is 24.6 Å². The van der Waals surface area contributed by atoms with Crippen LogP contribution in [-0.2, 0) is 4.79 Å². The summed E-state index contributed by atoms with van der Waals surface area (Å²) >= 11 is 0. The lowest BCUT2D eigenvalue weighted by Gasteiger charge is -2.41. The molecule has 0 spiro atoms. The third-order valence-electron chi connectivity index (χ3n) is 7.64. The minimum absolute atomic E-state index is 0.0532. The van der Waals surface area contributed by atoms with Crippen LogP contribution in [0, 0.1) is 0 Å². The largest absolute Gasteiger partial charge is 0.338 e. The molecule has 34 heavy (non-hydrogen) atoms. The summed E-state index contributed by atoms with van der Waals surface area (Å²) in [6.45, 7) is 9.23. The summed E-state index contributed by atoms with van der Waals surface area (Å²) in [7, 11) is 0. The number of carbonyl (C=O) groups excluding carboxylic acids is 1. The lowest BCUT2D eigenvalue weighted by Crippen LogP contribution is -2.62. The van der Waals surface area contributed by atoms with E-state index in [9.17, 15) is 4.79 Å². The Morgan fingerprint density at radius 1 is 0.853 bits per heavy atom. The Balaban J connectivity index is 1.95. The smallest absolute Gasteiger partial charge is 0.221 e. The predicted molar refractivity (Wildman–Crippen MR) is 148 cm³/mol. The molecule has 0 fully saturated rings. The van der Waals surface area contributed by atoms with Crippen LogP contribution in [0.25, 0.3) is 0 Å². The number of hydrogen-bond acceptors (Lipinski definition) is 2. The highest BCUT2D eigenvalue weighted by molar-refractivity contribution is 5.72. The molecule has 1 aliphatic heterocycles. The van der Waals surface area contributed by atoms with Gasteiger partial charge >= 0.3 is 0 Å². The first-order chi connectivity index (χ1) is 16.6. The lowest BCUT2D eigenvalue weighted by molar-refractivity contribution is -0.923. The van der Waals surface area contributed by atoms with Crippen LogP contribution in [-0.4, -0.2) is 29.3 Å². The quantitative estimate of drug-likeness (QED) is 0.0937. The number of nitrogens with one attached hydrogen (secondary N) is 2. The van der Waals surface area contributed by atoms with Crippen LogP contribution in [0.15, 0.2) is 24.6 Å². The zero-order valence-corrected chi connectivity index (χ0v) is 23.3. The Morgan fingerprint density at radius 3 is 1.85 bits per heavy atom. The minimum atomic E-state index is 0.0532. The van der Waals surface area contributed by atoms with Crippen molar-refractivity contribution in [3.63, 3.8) is 0 Å². The van der Waals surface area contributed by atoms with Crippen molar-refractivity contribution in [2.75, 3.05) is 6.54 Å². The van der Waals surface area contributed by atoms with E-state index in [0.717, 1.165) is 17.4 Å². The molecule has 1 amide bonds. The molecule has 3 unspecified atom stereocenters. The molecule has 3 atom stereocenters. The number of unbranched alkanes of at least 4 members (excludes halogenated alkanes) is 15. The molecule has 0 aromatic carbocycles. The fraction of sp³-hybridized carbons (Fsp3) is 0.833. The zero-order valence-electron chi connectivity index (χ0n) is 23.3. The molecule has 0 bridgehead atoms. The number of hydrogen-bond donors (Lipinski definition) is 2. The summed E-state index contributed by atoms with van der Waals surface area (Å²) in [5.41, 5.74) is 0. The highest BCUT2D eigenvalue weighted by Crippen LogP contribution is 2.26. The number of nitrogens with zero attached hydrogens (tertiary/aromatic N) is 1. The number of quaternary nitrogens is 1. The fourth-order valence-corrected chi connectivity index (χ4v) is 5.39. The Morgan fingerprint density at radius 2 is 1.35 bits per heavy atom. The molecule has 0 aromatic rings. The third kappa shape index (κ3) is 13.0. The Bertz CT molecular complexity index is 559. The highest BCUT2D eigenvalue weighted by atomic mass is 16.1. The second-order valence-corrected chi connectivity index (χ2v) is 10.5. The molecule has 1 rings (SSSR count). The lowest BCUT2D eigenvalue weighted by atomic mass is 10.0. The van der Waals surface area contributed by atoms with Gasteiger partial charge in [-0.25, -0.2) is 0 Å². The molecule has 198 valence electrons. The van der Waals surface area contributed by atoms with Gasteiger partial charge in [-0.2, -0.15) is 0 Å². The molecule has 4 nitrogen and oxygen atoms in total. The average molecular weight is 477 g/mol. The molecule has 0 aliphatic carbocycles. The Labute approximate surface area is 212 Å². The van der Waals surface area contributed by atoms with Crippen molar-refractivity contribution in [2.24, 2.45) is 0 Å². The Kier molecular flexibility index (Phi) is 18.0. The summed E-state index contributed by atoms with van der Waals surface area (Å²) < 4.78 is 0.813. The van der Waals surface area contributed by atoms with Crippen LogP contribution >= 0.6 is 0 Å². The normalized spacial score (nSPS) is 20.6. The van der Waals surface area contributed by atoms with E-state index in [0.29, 0.717) is 6.17 Å². The van der Waals surface area contributed by atoms with Crippen molar-refractivity contribution in [1.29, 1.82) is 0 Å². The van der Waals surface area contributed by atoms with E-state index in [1.807, 2.05) is 0 Å². The first-order valence-corrected chi connectivity index (χ1v) is 14.8. The van der Waals surface area contributed by atoms with Crippen LogP contribution in [0.3, 0.4) is 0 Å². The van der Waals surface area contributed by atoms with Crippen LogP contribution in [0.4, 0.5) is 0 Å². The predicted octanol–water partition coefficient (Wildman–Crippen LogP) is 8.30. The van der Waals surface area contributed by atoms with Gasteiger partial charge in [-0.1, -0.05) is 96.1 Å². The van der Waals surface area contributed by atoms with Crippen LogP contribution in [0.1, 0.15) is 143 Å². The van der Waals surface area contributed by atoms with Crippen molar-refractivity contribution < 1.29 is 9.28 Å². The van der Waals surface area contributed by atoms with Gasteiger partial charge < -0.3 is 10.6 Å². The standard InChI is InChI=1S/C30H57N3O/c1-5-7-8-9-10-11-12-13-14-15-16-17-18-19-20-21-22-23-24-25-30-31-26-27-33(30,6-2)28(3)32-29(4)34/h13-14,26-28,30-31H,5-12,15-25H2,1-4H3/p+1/b14-13+. The number of rotatable bonds is 22. The molecule has 4 heteroatoms. The first-order valence-electron chi connectivity index (χ1n) is 14.8. The molecule has 1 aliphatic rings. The molecule has 1 heterocycles.